The fourth-order valence-corrected chi connectivity index (χ4v) is 7.41. The molecule has 0 aliphatic carbocycles. The van der Waals surface area contributed by atoms with Gasteiger partial charge in [0.2, 0.25) is 11.8 Å². The first-order valence-electron chi connectivity index (χ1n) is 15.0. The number of hydrogen-bond acceptors (Lipinski definition) is 9. The van der Waals surface area contributed by atoms with Gasteiger partial charge < -0.3 is 20.9 Å². The van der Waals surface area contributed by atoms with E-state index in [1.807, 2.05) is 56.1 Å². The normalized spacial score (nSPS) is 22.5. The smallest absolute Gasteiger partial charge is 0.271 e. The summed E-state index contributed by atoms with van der Waals surface area (Å²) >= 11 is 2.64. The van der Waals surface area contributed by atoms with E-state index in [1.165, 1.54) is 22.7 Å². The van der Waals surface area contributed by atoms with E-state index in [1.54, 1.807) is 15.7 Å². The number of carbonyl (C=O) groups is 4. The number of benzene rings is 1. The van der Waals surface area contributed by atoms with Crippen LogP contribution in [0.3, 0.4) is 0 Å². The maximum atomic E-state index is 13.6. The van der Waals surface area contributed by atoms with E-state index in [0.29, 0.717) is 35.9 Å². The van der Waals surface area contributed by atoms with Crippen molar-refractivity contribution in [3.05, 3.63) is 68.1 Å². The quantitative estimate of drug-likeness (QED) is 0.400. The fraction of sp³-hybridized carbons (Fsp3) is 0.484. The molecule has 13 heteroatoms. The van der Waals surface area contributed by atoms with Crippen LogP contribution in [0.15, 0.2) is 41.1 Å². The molecule has 4 amide bonds. The second kappa shape index (κ2) is 14.4. The molecule has 3 N–H and O–H groups in total. The number of nitrogens with one attached hydrogen (secondary N) is 3. The Morgan fingerprint density at radius 3 is 2.36 bits per heavy atom. The van der Waals surface area contributed by atoms with Gasteiger partial charge in [-0.3, -0.25) is 24.1 Å². The topological polar surface area (TPSA) is 137 Å². The molecule has 2 aliphatic rings. The van der Waals surface area contributed by atoms with Crippen LogP contribution in [0.2, 0.25) is 0 Å². The standard InChI is InChI=1S/C31H39N7O4S2/c1-19(2)26-30-35-22(17-44-30)27(40)32-12-8-14-38(31(42)24-11-7-13-37(24)3)16-25(39)33-21(15-20-9-5-4-6-10-20)29-34-23(18-43-29)28(41)36-26/h4-6,9-10,17-19,21,24,26H,7-8,11-16H2,1-3H3,(H,32,40)(H,33,39)(H,36,41)/t21-,24+,26-/m0/s1. The Morgan fingerprint density at radius 1 is 0.955 bits per heavy atom. The maximum Gasteiger partial charge on any atom is 0.271 e. The van der Waals surface area contributed by atoms with E-state index in [-0.39, 0.29) is 53.5 Å². The highest BCUT2D eigenvalue weighted by Crippen LogP contribution is 2.27. The average molecular weight is 638 g/mol. The van der Waals surface area contributed by atoms with Gasteiger partial charge >= 0.3 is 0 Å². The van der Waals surface area contributed by atoms with Crippen molar-refractivity contribution in [2.24, 2.45) is 5.92 Å². The highest BCUT2D eigenvalue weighted by Gasteiger charge is 2.33. The van der Waals surface area contributed by atoms with Gasteiger partial charge in [0.25, 0.3) is 11.8 Å². The molecule has 3 atom stereocenters. The van der Waals surface area contributed by atoms with E-state index in [9.17, 15) is 19.2 Å². The number of aromatic nitrogens is 2. The number of nitrogens with zero attached hydrogens (tertiary/aromatic N) is 4. The summed E-state index contributed by atoms with van der Waals surface area (Å²) in [5.41, 5.74) is 1.53. The Balaban J connectivity index is 1.45. The molecule has 4 bridgehead atoms. The van der Waals surface area contributed by atoms with Crippen molar-refractivity contribution < 1.29 is 19.2 Å². The van der Waals surface area contributed by atoms with Crippen LogP contribution in [0.4, 0.5) is 0 Å². The van der Waals surface area contributed by atoms with Crippen LogP contribution >= 0.6 is 22.7 Å². The van der Waals surface area contributed by atoms with Gasteiger partial charge in [-0.15, -0.1) is 22.7 Å². The van der Waals surface area contributed by atoms with E-state index >= 15 is 0 Å². The monoisotopic (exact) mass is 637 g/mol. The summed E-state index contributed by atoms with van der Waals surface area (Å²) in [7, 11) is 1.93. The summed E-state index contributed by atoms with van der Waals surface area (Å²) in [5.74, 6) is -1.06. The van der Waals surface area contributed by atoms with E-state index in [0.717, 1.165) is 24.9 Å². The van der Waals surface area contributed by atoms with Gasteiger partial charge in [0.15, 0.2) is 0 Å². The maximum absolute atomic E-state index is 13.6. The lowest BCUT2D eigenvalue weighted by Gasteiger charge is -2.29. The summed E-state index contributed by atoms with van der Waals surface area (Å²) < 4.78 is 0. The lowest BCUT2D eigenvalue weighted by Crippen LogP contribution is -2.49. The minimum absolute atomic E-state index is 0.0146. The third kappa shape index (κ3) is 7.69. The Morgan fingerprint density at radius 2 is 1.66 bits per heavy atom. The van der Waals surface area contributed by atoms with Crippen LogP contribution in [0, 0.1) is 5.92 Å². The van der Waals surface area contributed by atoms with E-state index < -0.39 is 12.1 Å². The molecule has 0 radical (unpaired) electrons. The zero-order valence-corrected chi connectivity index (χ0v) is 26.9. The molecule has 44 heavy (non-hydrogen) atoms. The predicted molar refractivity (Wildman–Crippen MR) is 169 cm³/mol. The number of likely N-dealkylation sites (tertiary alicyclic amines) is 1. The first-order chi connectivity index (χ1) is 21.2. The summed E-state index contributed by atoms with van der Waals surface area (Å²) in [4.78, 5) is 66.3. The van der Waals surface area contributed by atoms with Crippen LogP contribution in [0.5, 0.6) is 0 Å². The van der Waals surface area contributed by atoms with Crippen molar-refractivity contribution in [2.75, 3.05) is 33.2 Å². The van der Waals surface area contributed by atoms with Gasteiger partial charge in [-0.05, 0) is 50.8 Å². The lowest BCUT2D eigenvalue weighted by molar-refractivity contribution is -0.139. The third-order valence-electron chi connectivity index (χ3n) is 7.99. The van der Waals surface area contributed by atoms with Gasteiger partial charge in [0, 0.05) is 23.8 Å². The second-order valence-electron chi connectivity index (χ2n) is 11.7. The fourth-order valence-electron chi connectivity index (χ4n) is 5.54. The molecule has 1 saturated heterocycles. The number of likely N-dealkylation sites (N-methyl/N-ethyl adjacent to an activating group) is 1. The van der Waals surface area contributed by atoms with Crippen LogP contribution in [0.25, 0.3) is 0 Å². The van der Waals surface area contributed by atoms with Crippen molar-refractivity contribution >= 4 is 46.3 Å². The molecule has 1 fully saturated rings. The molecule has 0 unspecified atom stereocenters. The van der Waals surface area contributed by atoms with E-state index in [4.69, 9.17) is 0 Å². The SMILES string of the molecule is CC(C)[C@@H]1NC(=O)c2csc(n2)[C@H](Cc2ccccc2)NC(=O)CN(C(=O)[C@H]2CCCN2C)CCCNC(=O)c2csc1n2. The molecule has 1 aromatic carbocycles. The lowest BCUT2D eigenvalue weighted by atomic mass is 10.0. The molecule has 11 nitrogen and oxygen atoms in total. The average Bonchev–Trinajstić information content (AvgIpc) is 3.78. The predicted octanol–water partition coefficient (Wildman–Crippen LogP) is 3.18. The summed E-state index contributed by atoms with van der Waals surface area (Å²) in [6.45, 7) is 5.31. The first-order valence-corrected chi connectivity index (χ1v) is 16.8. The molecule has 234 valence electrons. The molecule has 5 rings (SSSR count). The van der Waals surface area contributed by atoms with Gasteiger partial charge in [0.1, 0.15) is 21.4 Å². The Labute approximate surface area is 265 Å². The molecular weight excluding hydrogens is 599 g/mol. The van der Waals surface area contributed by atoms with Crippen LogP contribution < -0.4 is 16.0 Å². The molecule has 0 saturated carbocycles. The highest BCUT2D eigenvalue weighted by atomic mass is 32.1. The van der Waals surface area contributed by atoms with Crippen molar-refractivity contribution in [3.8, 4) is 0 Å². The van der Waals surface area contributed by atoms with Crippen LogP contribution in [-0.4, -0.2) is 82.7 Å². The zero-order valence-electron chi connectivity index (χ0n) is 25.2. The van der Waals surface area contributed by atoms with Crippen LogP contribution in [-0.2, 0) is 16.0 Å². The van der Waals surface area contributed by atoms with Gasteiger partial charge in [-0.2, -0.15) is 0 Å². The molecular formula is C31H39N7O4S2. The number of thiazole rings is 2. The minimum Gasteiger partial charge on any atom is -0.351 e. The number of amides is 4. The highest BCUT2D eigenvalue weighted by molar-refractivity contribution is 7.10. The number of carbonyl (C=O) groups excluding carboxylic acids is 4. The van der Waals surface area contributed by atoms with Gasteiger partial charge in [0.05, 0.1) is 24.7 Å². The first kappa shape index (κ1) is 31.7. The molecule has 2 aliphatic heterocycles. The summed E-state index contributed by atoms with van der Waals surface area (Å²) in [6, 6.07) is 8.60. The minimum atomic E-state index is -0.494. The molecule has 4 heterocycles. The summed E-state index contributed by atoms with van der Waals surface area (Å²) in [6.07, 6.45) is 2.62. The van der Waals surface area contributed by atoms with E-state index in [2.05, 4.69) is 25.9 Å². The van der Waals surface area contributed by atoms with Crippen LogP contribution in [0.1, 0.15) is 81.7 Å². The zero-order chi connectivity index (χ0) is 31.2. The molecule has 3 aromatic rings. The van der Waals surface area contributed by atoms with Gasteiger partial charge in [-0.1, -0.05) is 44.2 Å². The van der Waals surface area contributed by atoms with Crippen molar-refractivity contribution in [3.63, 3.8) is 0 Å². The largest absolute Gasteiger partial charge is 0.351 e. The third-order valence-corrected chi connectivity index (χ3v) is 9.87. The second-order valence-corrected chi connectivity index (χ2v) is 13.4. The van der Waals surface area contributed by atoms with Gasteiger partial charge in [-0.25, -0.2) is 9.97 Å². The van der Waals surface area contributed by atoms with Crippen molar-refractivity contribution in [1.29, 1.82) is 0 Å². The Bertz CT molecular complexity index is 1470. The Kier molecular flexibility index (Phi) is 10.4. The molecule has 2 aromatic heterocycles. The van der Waals surface area contributed by atoms with Crippen molar-refractivity contribution in [1.82, 2.24) is 35.7 Å². The Hall–Kier alpha value is -3.68. The molecule has 0 spiro atoms. The summed E-state index contributed by atoms with van der Waals surface area (Å²) in [5, 5.41) is 13.7. The van der Waals surface area contributed by atoms with Crippen molar-refractivity contribution in [2.45, 2.75) is 57.7 Å². The number of rotatable bonds is 4. The number of fused-ring (bicyclic) bond motifs is 4. The number of hydrogen-bond donors (Lipinski definition) is 3.